The number of likely N-dealkylation sites (N-methyl/N-ethyl adjacent to an activating group) is 1. The van der Waals surface area contributed by atoms with Gasteiger partial charge in [-0.05, 0) is 12.8 Å². The van der Waals surface area contributed by atoms with E-state index < -0.39 is 0 Å². The van der Waals surface area contributed by atoms with Crippen LogP contribution in [0.5, 0.6) is 0 Å². The summed E-state index contributed by atoms with van der Waals surface area (Å²) in [6.45, 7) is 0.909. The third kappa shape index (κ3) is 0.605. The summed E-state index contributed by atoms with van der Waals surface area (Å²) in [6.07, 6.45) is 2.34. The van der Waals surface area contributed by atoms with Crippen molar-refractivity contribution in [3.05, 3.63) is 0 Å². The topological polar surface area (TPSA) is 32.3 Å². The standard InChI is InChI=1S/C6H10N2O/c1-8-4-6(2-3-6)7-5(8)9/h2-4H2,1H3,(H,7,9). The number of hydrogen-bond acceptors (Lipinski definition) is 1. The fourth-order valence-electron chi connectivity index (χ4n) is 1.32. The zero-order chi connectivity index (χ0) is 6.48. The fourth-order valence-corrected chi connectivity index (χ4v) is 1.32. The Hall–Kier alpha value is -0.730. The molecule has 2 fully saturated rings. The lowest BCUT2D eigenvalue weighted by Gasteiger charge is -2.03. The molecule has 1 aliphatic heterocycles. The minimum Gasteiger partial charge on any atom is -0.331 e. The zero-order valence-electron chi connectivity index (χ0n) is 5.48. The minimum absolute atomic E-state index is 0.0903. The van der Waals surface area contributed by atoms with E-state index in [9.17, 15) is 4.79 Å². The van der Waals surface area contributed by atoms with Gasteiger partial charge in [-0.2, -0.15) is 0 Å². The van der Waals surface area contributed by atoms with E-state index >= 15 is 0 Å². The molecule has 9 heavy (non-hydrogen) atoms. The number of carbonyl (C=O) groups is 1. The van der Waals surface area contributed by atoms with E-state index in [-0.39, 0.29) is 11.6 Å². The van der Waals surface area contributed by atoms with Crippen molar-refractivity contribution >= 4 is 6.03 Å². The molecule has 0 bridgehead atoms. The molecular weight excluding hydrogens is 116 g/mol. The van der Waals surface area contributed by atoms with Crippen molar-refractivity contribution in [2.24, 2.45) is 0 Å². The van der Waals surface area contributed by atoms with Crippen molar-refractivity contribution in [1.82, 2.24) is 10.2 Å². The van der Waals surface area contributed by atoms with Gasteiger partial charge >= 0.3 is 6.03 Å². The van der Waals surface area contributed by atoms with Gasteiger partial charge in [-0.1, -0.05) is 0 Å². The predicted molar refractivity (Wildman–Crippen MR) is 33.1 cm³/mol. The molecule has 0 aromatic heterocycles. The van der Waals surface area contributed by atoms with Gasteiger partial charge in [-0.3, -0.25) is 0 Å². The molecule has 0 aromatic carbocycles. The van der Waals surface area contributed by atoms with Gasteiger partial charge in [-0.25, -0.2) is 4.79 Å². The molecule has 0 radical (unpaired) electrons. The van der Waals surface area contributed by atoms with Crippen LogP contribution in [-0.4, -0.2) is 30.1 Å². The molecule has 2 aliphatic rings. The summed E-state index contributed by atoms with van der Waals surface area (Å²) in [5, 5.41) is 2.94. The van der Waals surface area contributed by atoms with E-state index in [2.05, 4.69) is 5.32 Å². The summed E-state index contributed by atoms with van der Waals surface area (Å²) in [5.74, 6) is 0. The second kappa shape index (κ2) is 1.23. The Balaban J connectivity index is 2.14. The molecule has 1 N–H and O–H groups in total. The summed E-state index contributed by atoms with van der Waals surface area (Å²) in [6, 6.07) is 0.0903. The van der Waals surface area contributed by atoms with Gasteiger partial charge in [0, 0.05) is 13.6 Å². The maximum absolute atomic E-state index is 10.8. The number of hydrogen-bond donors (Lipinski definition) is 1. The van der Waals surface area contributed by atoms with Crippen LogP contribution in [0.25, 0.3) is 0 Å². The molecular formula is C6H10N2O. The summed E-state index contributed by atoms with van der Waals surface area (Å²) in [5.41, 5.74) is 0.214. The number of nitrogens with zero attached hydrogens (tertiary/aromatic N) is 1. The van der Waals surface area contributed by atoms with Crippen molar-refractivity contribution in [1.29, 1.82) is 0 Å². The Morgan fingerprint density at radius 3 is 2.56 bits per heavy atom. The van der Waals surface area contributed by atoms with Crippen molar-refractivity contribution in [2.75, 3.05) is 13.6 Å². The second-order valence-electron chi connectivity index (χ2n) is 3.07. The molecule has 2 rings (SSSR count). The molecule has 0 unspecified atom stereocenters. The van der Waals surface area contributed by atoms with E-state index in [1.807, 2.05) is 7.05 Å². The first-order valence-corrected chi connectivity index (χ1v) is 3.25. The largest absolute Gasteiger partial charge is 0.331 e. The normalized spacial score (nSPS) is 29.0. The van der Waals surface area contributed by atoms with Gasteiger partial charge in [0.15, 0.2) is 0 Å². The highest BCUT2D eigenvalue weighted by atomic mass is 16.2. The summed E-state index contributed by atoms with van der Waals surface area (Å²) >= 11 is 0. The molecule has 50 valence electrons. The summed E-state index contributed by atoms with van der Waals surface area (Å²) in [4.78, 5) is 12.6. The number of urea groups is 1. The molecule has 3 nitrogen and oxygen atoms in total. The van der Waals surface area contributed by atoms with Crippen LogP contribution in [0.2, 0.25) is 0 Å². The molecule has 1 saturated carbocycles. The van der Waals surface area contributed by atoms with E-state index in [0.717, 1.165) is 6.54 Å². The van der Waals surface area contributed by atoms with Crippen LogP contribution in [0.15, 0.2) is 0 Å². The number of rotatable bonds is 0. The van der Waals surface area contributed by atoms with Crippen LogP contribution in [0, 0.1) is 0 Å². The fraction of sp³-hybridized carbons (Fsp3) is 0.833. The predicted octanol–water partition coefficient (Wildman–Crippen LogP) is 0.174. The van der Waals surface area contributed by atoms with Gasteiger partial charge in [-0.15, -0.1) is 0 Å². The summed E-state index contributed by atoms with van der Waals surface area (Å²) in [7, 11) is 1.84. The number of amides is 2. The van der Waals surface area contributed by atoms with Crippen molar-refractivity contribution < 1.29 is 4.79 Å². The molecule has 1 heterocycles. The van der Waals surface area contributed by atoms with E-state index in [4.69, 9.17) is 0 Å². The van der Waals surface area contributed by atoms with Gasteiger partial charge in [0.25, 0.3) is 0 Å². The molecule has 1 spiro atoms. The third-order valence-electron chi connectivity index (χ3n) is 2.11. The lowest BCUT2D eigenvalue weighted by molar-refractivity contribution is 0.226. The van der Waals surface area contributed by atoms with Crippen molar-refractivity contribution in [2.45, 2.75) is 18.4 Å². The molecule has 1 saturated heterocycles. The number of carbonyl (C=O) groups excluding carboxylic acids is 1. The average molecular weight is 126 g/mol. The first kappa shape index (κ1) is 5.09. The van der Waals surface area contributed by atoms with Gasteiger partial charge < -0.3 is 10.2 Å². The monoisotopic (exact) mass is 126 g/mol. The van der Waals surface area contributed by atoms with E-state index in [1.165, 1.54) is 12.8 Å². The zero-order valence-corrected chi connectivity index (χ0v) is 5.48. The highest BCUT2D eigenvalue weighted by Crippen LogP contribution is 2.38. The Bertz CT molecular complexity index is 162. The third-order valence-corrected chi connectivity index (χ3v) is 2.11. The maximum Gasteiger partial charge on any atom is 0.317 e. The lowest BCUT2D eigenvalue weighted by atomic mass is 10.3. The lowest BCUT2D eigenvalue weighted by Crippen LogP contribution is -2.28. The maximum atomic E-state index is 10.8. The summed E-state index contributed by atoms with van der Waals surface area (Å²) < 4.78 is 0. The van der Waals surface area contributed by atoms with Crippen molar-refractivity contribution in [3.63, 3.8) is 0 Å². The van der Waals surface area contributed by atoms with Crippen molar-refractivity contribution in [3.8, 4) is 0 Å². The van der Waals surface area contributed by atoms with Gasteiger partial charge in [0.05, 0.1) is 5.54 Å². The molecule has 1 aliphatic carbocycles. The Morgan fingerprint density at radius 2 is 2.33 bits per heavy atom. The molecule has 0 aromatic rings. The first-order valence-electron chi connectivity index (χ1n) is 3.25. The quantitative estimate of drug-likeness (QED) is 0.493. The van der Waals surface area contributed by atoms with Crippen LogP contribution < -0.4 is 5.32 Å². The minimum atomic E-state index is 0.0903. The van der Waals surface area contributed by atoms with E-state index in [0.29, 0.717) is 0 Å². The van der Waals surface area contributed by atoms with Crippen LogP contribution in [0.4, 0.5) is 4.79 Å². The molecule has 2 amide bonds. The van der Waals surface area contributed by atoms with E-state index in [1.54, 1.807) is 4.90 Å². The van der Waals surface area contributed by atoms with Crippen LogP contribution in [-0.2, 0) is 0 Å². The van der Waals surface area contributed by atoms with Crippen LogP contribution in [0.1, 0.15) is 12.8 Å². The van der Waals surface area contributed by atoms with Gasteiger partial charge in [0.2, 0.25) is 0 Å². The highest BCUT2D eigenvalue weighted by molar-refractivity contribution is 5.78. The number of nitrogens with one attached hydrogen (secondary N) is 1. The average Bonchev–Trinajstić information content (AvgIpc) is 2.42. The molecule has 0 atom stereocenters. The van der Waals surface area contributed by atoms with Gasteiger partial charge in [0.1, 0.15) is 0 Å². The van der Waals surface area contributed by atoms with Crippen LogP contribution >= 0.6 is 0 Å². The smallest absolute Gasteiger partial charge is 0.317 e. The second-order valence-corrected chi connectivity index (χ2v) is 3.07. The van der Waals surface area contributed by atoms with Crippen LogP contribution in [0.3, 0.4) is 0 Å². The first-order chi connectivity index (χ1) is 4.22. The highest BCUT2D eigenvalue weighted by Gasteiger charge is 2.50. The molecule has 3 heteroatoms. The SMILES string of the molecule is CN1CC2(CC2)NC1=O. The Morgan fingerprint density at radius 1 is 1.67 bits per heavy atom. The Kier molecular flexibility index (Phi) is 0.693. The Labute approximate surface area is 54.0 Å².